The quantitative estimate of drug-likeness (QED) is 0.582. The van der Waals surface area contributed by atoms with Crippen LogP contribution in [0.4, 0.5) is 4.39 Å². The van der Waals surface area contributed by atoms with Crippen molar-refractivity contribution in [3.8, 4) is 0 Å². The normalized spacial score (nSPS) is 11.8. The molecule has 0 aliphatic rings. The van der Waals surface area contributed by atoms with Crippen molar-refractivity contribution in [1.82, 2.24) is 10.2 Å². The molecule has 0 bridgehead atoms. The summed E-state index contributed by atoms with van der Waals surface area (Å²) in [6.45, 7) is 4.21. The van der Waals surface area contributed by atoms with Crippen LogP contribution in [0.25, 0.3) is 0 Å². The van der Waals surface area contributed by atoms with Gasteiger partial charge in [0.15, 0.2) is 0 Å². The smallest absolute Gasteiger partial charge is 0.242 e. The Morgan fingerprint density at radius 2 is 1.86 bits per heavy atom. The van der Waals surface area contributed by atoms with Crippen molar-refractivity contribution in [3.05, 3.63) is 69.5 Å². The van der Waals surface area contributed by atoms with E-state index in [-0.39, 0.29) is 29.9 Å². The fraction of sp³-hybridized carbons (Fsp3) is 0.333. The zero-order valence-corrected chi connectivity index (χ0v) is 18.6. The minimum absolute atomic E-state index is 0.178. The van der Waals surface area contributed by atoms with Crippen LogP contribution in [0.5, 0.6) is 0 Å². The molecule has 0 unspecified atom stereocenters. The van der Waals surface area contributed by atoms with Gasteiger partial charge in [0.05, 0.1) is 5.75 Å². The molecule has 156 valence electrons. The van der Waals surface area contributed by atoms with E-state index in [2.05, 4.69) is 5.32 Å². The molecular weight excluding hydrogens is 434 g/mol. The molecule has 1 N–H and O–H groups in total. The molecule has 0 aliphatic carbocycles. The molecule has 2 rings (SSSR count). The average Bonchev–Trinajstić information content (AvgIpc) is 2.68. The van der Waals surface area contributed by atoms with Crippen LogP contribution in [0.15, 0.2) is 42.5 Å². The van der Waals surface area contributed by atoms with Crippen molar-refractivity contribution < 1.29 is 14.0 Å². The summed E-state index contributed by atoms with van der Waals surface area (Å²) in [5.41, 5.74) is 1.64. The highest BCUT2D eigenvalue weighted by molar-refractivity contribution is 7.99. The first-order valence-electron chi connectivity index (χ1n) is 9.15. The van der Waals surface area contributed by atoms with Gasteiger partial charge in [-0.15, -0.1) is 11.8 Å². The number of benzene rings is 2. The molecule has 2 aromatic rings. The molecule has 4 nitrogen and oxygen atoms in total. The van der Waals surface area contributed by atoms with Crippen LogP contribution in [0.2, 0.25) is 10.0 Å². The maximum absolute atomic E-state index is 13.2. The van der Waals surface area contributed by atoms with Gasteiger partial charge >= 0.3 is 0 Å². The van der Waals surface area contributed by atoms with Crippen molar-refractivity contribution >= 4 is 46.8 Å². The van der Waals surface area contributed by atoms with Crippen molar-refractivity contribution in [3.63, 3.8) is 0 Å². The molecular formula is C21H23Cl2FN2O2S. The summed E-state index contributed by atoms with van der Waals surface area (Å²) in [5.74, 6) is -0.0263. The number of nitrogens with zero attached hydrogens (tertiary/aromatic N) is 1. The zero-order chi connectivity index (χ0) is 21.4. The van der Waals surface area contributed by atoms with E-state index < -0.39 is 6.04 Å². The number of thioether (sulfide) groups is 1. The zero-order valence-electron chi connectivity index (χ0n) is 16.3. The summed E-state index contributed by atoms with van der Waals surface area (Å²) in [4.78, 5) is 26.7. The lowest BCUT2D eigenvalue weighted by molar-refractivity contribution is -0.138. The van der Waals surface area contributed by atoms with E-state index in [1.165, 1.54) is 28.8 Å². The Kier molecular flexibility index (Phi) is 9.27. The van der Waals surface area contributed by atoms with Gasteiger partial charge in [0.2, 0.25) is 11.8 Å². The number of hydrogen-bond acceptors (Lipinski definition) is 3. The van der Waals surface area contributed by atoms with Gasteiger partial charge in [-0.1, -0.05) is 41.4 Å². The molecule has 2 amide bonds. The lowest BCUT2D eigenvalue weighted by Gasteiger charge is -2.28. The first-order chi connectivity index (χ1) is 13.8. The Morgan fingerprint density at radius 3 is 2.48 bits per heavy atom. The van der Waals surface area contributed by atoms with Gasteiger partial charge in [-0.25, -0.2) is 4.39 Å². The molecule has 0 radical (unpaired) electrons. The summed E-state index contributed by atoms with van der Waals surface area (Å²) in [5, 5.41) is 3.85. The van der Waals surface area contributed by atoms with E-state index in [0.717, 1.165) is 11.1 Å². The molecule has 2 aromatic carbocycles. The Balaban J connectivity index is 2.06. The Labute approximate surface area is 184 Å². The van der Waals surface area contributed by atoms with E-state index in [9.17, 15) is 14.0 Å². The molecule has 0 spiro atoms. The summed E-state index contributed by atoms with van der Waals surface area (Å²) in [7, 11) is 0. The molecule has 1 atom stereocenters. The number of carbonyl (C=O) groups is 2. The first kappa shape index (κ1) is 23.5. The maximum Gasteiger partial charge on any atom is 0.242 e. The molecule has 0 fully saturated rings. The monoisotopic (exact) mass is 456 g/mol. The highest BCUT2D eigenvalue weighted by Crippen LogP contribution is 2.25. The van der Waals surface area contributed by atoms with Crippen LogP contribution >= 0.6 is 35.0 Å². The molecule has 0 saturated carbocycles. The lowest BCUT2D eigenvalue weighted by Crippen LogP contribution is -2.48. The third-order valence-electron chi connectivity index (χ3n) is 4.28. The van der Waals surface area contributed by atoms with Crippen molar-refractivity contribution in [2.24, 2.45) is 0 Å². The van der Waals surface area contributed by atoms with Crippen molar-refractivity contribution in [1.29, 1.82) is 0 Å². The number of carbonyl (C=O) groups excluding carboxylic acids is 2. The predicted octanol–water partition coefficient (Wildman–Crippen LogP) is 4.92. The summed E-state index contributed by atoms with van der Waals surface area (Å²) < 4.78 is 13.2. The van der Waals surface area contributed by atoms with Crippen LogP contribution in [-0.2, 0) is 21.9 Å². The Bertz CT molecular complexity index is 849. The van der Waals surface area contributed by atoms with Crippen molar-refractivity contribution in [2.45, 2.75) is 32.2 Å². The third-order valence-corrected chi connectivity index (χ3v) is 5.84. The molecule has 29 heavy (non-hydrogen) atoms. The van der Waals surface area contributed by atoms with E-state index >= 15 is 0 Å². The number of hydrogen-bond donors (Lipinski definition) is 1. The number of halogens is 3. The number of rotatable bonds is 9. The molecule has 8 heteroatoms. The summed E-state index contributed by atoms with van der Waals surface area (Å²) >= 11 is 13.5. The van der Waals surface area contributed by atoms with E-state index in [4.69, 9.17) is 23.2 Å². The second-order valence-electron chi connectivity index (χ2n) is 6.45. The molecule has 0 aromatic heterocycles. The van der Waals surface area contributed by atoms with Crippen molar-refractivity contribution in [2.75, 3.05) is 12.3 Å². The van der Waals surface area contributed by atoms with E-state index in [1.54, 1.807) is 31.2 Å². The average molecular weight is 457 g/mol. The maximum atomic E-state index is 13.2. The van der Waals surface area contributed by atoms with Gasteiger partial charge in [0.1, 0.15) is 11.9 Å². The van der Waals surface area contributed by atoms with Gasteiger partial charge in [-0.2, -0.15) is 0 Å². The summed E-state index contributed by atoms with van der Waals surface area (Å²) in [6.07, 6.45) is 0. The second kappa shape index (κ2) is 11.4. The minimum atomic E-state index is -0.646. The highest BCUT2D eigenvalue weighted by Gasteiger charge is 2.25. The second-order valence-corrected chi connectivity index (χ2v) is 8.28. The van der Waals surface area contributed by atoms with Gasteiger partial charge in [-0.3, -0.25) is 9.59 Å². The van der Waals surface area contributed by atoms with Gasteiger partial charge in [0.25, 0.3) is 0 Å². The molecule has 0 aliphatic heterocycles. The molecule has 0 heterocycles. The van der Waals surface area contributed by atoms with Gasteiger partial charge < -0.3 is 10.2 Å². The largest absolute Gasteiger partial charge is 0.355 e. The predicted molar refractivity (Wildman–Crippen MR) is 118 cm³/mol. The highest BCUT2D eigenvalue weighted by atomic mass is 35.5. The van der Waals surface area contributed by atoms with Crippen LogP contribution in [0, 0.1) is 5.82 Å². The Hall–Kier alpha value is -1.76. The number of nitrogens with one attached hydrogen (secondary N) is 1. The topological polar surface area (TPSA) is 49.4 Å². The lowest BCUT2D eigenvalue weighted by atomic mass is 10.1. The molecule has 0 saturated heterocycles. The van der Waals surface area contributed by atoms with Crippen LogP contribution in [0.3, 0.4) is 0 Å². The standard InChI is InChI=1S/C21H23Cl2FN2O2S/c1-3-25-21(28)14(2)26(11-15-4-8-18(24)9-5-15)20(27)13-29-12-16-6-7-17(22)10-19(16)23/h4-10,14H,3,11-13H2,1-2H3,(H,25,28)/t14-/m1/s1. The summed E-state index contributed by atoms with van der Waals surface area (Å²) in [6, 6.07) is 10.5. The third kappa shape index (κ3) is 7.21. The fourth-order valence-corrected chi connectivity index (χ4v) is 4.13. The van der Waals surface area contributed by atoms with Gasteiger partial charge in [0, 0.05) is 28.9 Å². The fourth-order valence-electron chi connectivity index (χ4n) is 2.66. The van der Waals surface area contributed by atoms with Crippen LogP contribution in [0.1, 0.15) is 25.0 Å². The van der Waals surface area contributed by atoms with Gasteiger partial charge in [-0.05, 0) is 49.2 Å². The van der Waals surface area contributed by atoms with E-state index in [1.807, 2.05) is 13.0 Å². The minimum Gasteiger partial charge on any atom is -0.355 e. The first-order valence-corrected chi connectivity index (χ1v) is 11.1. The Morgan fingerprint density at radius 1 is 1.17 bits per heavy atom. The van der Waals surface area contributed by atoms with Crippen LogP contribution in [-0.4, -0.2) is 35.1 Å². The van der Waals surface area contributed by atoms with Crippen LogP contribution < -0.4 is 5.32 Å². The number of likely N-dealkylation sites (N-methyl/N-ethyl adjacent to an activating group) is 1. The van der Waals surface area contributed by atoms with E-state index in [0.29, 0.717) is 22.3 Å². The SMILES string of the molecule is CCNC(=O)[C@@H](C)N(Cc1ccc(F)cc1)C(=O)CSCc1ccc(Cl)cc1Cl. The number of amides is 2.